The molecule has 10 nitrogen and oxygen atoms in total. The molecule has 0 aliphatic heterocycles. The summed E-state index contributed by atoms with van der Waals surface area (Å²) in [6.45, 7) is 20.1. The fourth-order valence-corrected chi connectivity index (χ4v) is 5.24. The zero-order valence-corrected chi connectivity index (χ0v) is 33.8. The standard InChI is InChI=1S/2C12H28O4Si.2C3H8O.Zr/c2*1-4-7-10-14-17(13,15-11-8-5-2)16-12-9-6-3;2*1-2-3-4;/h2*13H,4-12H2,1-3H3;2*4H,2-3H2,1H3;. The monoisotopic (exact) mass is 738 g/mol. The van der Waals surface area contributed by atoms with E-state index in [1.807, 2.05) is 13.8 Å². The summed E-state index contributed by atoms with van der Waals surface area (Å²) < 4.78 is 32.5. The number of unbranched alkanes of at least 4 members (excludes halogenated alkanes) is 6. The Morgan fingerprint density at radius 3 is 0.581 bits per heavy atom. The minimum atomic E-state index is -3.36. The fraction of sp³-hybridized carbons (Fsp3) is 1.00. The van der Waals surface area contributed by atoms with E-state index in [1.54, 1.807) is 0 Å². The largest absolute Gasteiger partial charge is 0.676 e. The van der Waals surface area contributed by atoms with Crippen molar-refractivity contribution >= 4 is 18.1 Å². The first-order chi connectivity index (χ1) is 20.2. The van der Waals surface area contributed by atoms with Crippen LogP contribution in [-0.4, -0.2) is 90.8 Å². The Morgan fingerprint density at radius 2 is 0.488 bits per heavy atom. The van der Waals surface area contributed by atoms with E-state index in [-0.39, 0.29) is 26.2 Å². The molecule has 0 radical (unpaired) electrons. The molecule has 0 heterocycles. The first-order valence-electron chi connectivity index (χ1n) is 16.7. The number of hydrogen-bond acceptors (Lipinski definition) is 10. The molecule has 0 aliphatic carbocycles. The molecule has 0 saturated carbocycles. The SMILES string of the molecule is CCCCO[Si](O)(OCCCC)OCCCC.CCCCO[Si](O)(OCCCC)OCCCC.CCCO.CCCO.[Zr]. The molecule has 0 amide bonds. The van der Waals surface area contributed by atoms with Gasteiger partial charge >= 0.3 is 18.1 Å². The van der Waals surface area contributed by atoms with Gasteiger partial charge in [-0.05, 0) is 51.4 Å². The van der Waals surface area contributed by atoms with Crippen LogP contribution in [0.25, 0.3) is 0 Å². The van der Waals surface area contributed by atoms with E-state index in [0.717, 1.165) is 89.9 Å². The average molecular weight is 740 g/mol. The van der Waals surface area contributed by atoms with Gasteiger partial charge in [-0.1, -0.05) is 93.9 Å². The van der Waals surface area contributed by atoms with Crippen LogP contribution < -0.4 is 0 Å². The van der Waals surface area contributed by atoms with Gasteiger partial charge in [0, 0.05) is 79.1 Å². The molecule has 13 heteroatoms. The molecule has 0 rings (SSSR count). The Hall–Kier alpha value is 0.917. The molecule has 43 heavy (non-hydrogen) atoms. The first kappa shape index (κ1) is 53.4. The van der Waals surface area contributed by atoms with Gasteiger partial charge in [-0.2, -0.15) is 0 Å². The predicted octanol–water partition coefficient (Wildman–Crippen LogP) is 6.50. The Labute approximate surface area is 287 Å². The van der Waals surface area contributed by atoms with Gasteiger partial charge in [-0.15, -0.1) is 0 Å². The zero-order valence-electron chi connectivity index (χ0n) is 29.3. The van der Waals surface area contributed by atoms with Crippen LogP contribution in [0.5, 0.6) is 0 Å². The predicted molar refractivity (Wildman–Crippen MR) is 176 cm³/mol. The molecule has 0 fully saturated rings. The minimum Gasteiger partial charge on any atom is -0.396 e. The van der Waals surface area contributed by atoms with Crippen LogP contribution in [0.4, 0.5) is 0 Å². The van der Waals surface area contributed by atoms with Crippen molar-refractivity contribution in [3.63, 3.8) is 0 Å². The topological polar surface area (TPSA) is 136 Å². The van der Waals surface area contributed by atoms with Crippen LogP contribution in [0.3, 0.4) is 0 Å². The third kappa shape index (κ3) is 47.4. The molecule has 0 aliphatic rings. The van der Waals surface area contributed by atoms with E-state index >= 15 is 0 Å². The van der Waals surface area contributed by atoms with E-state index in [4.69, 9.17) is 36.8 Å². The molecule has 0 bridgehead atoms. The van der Waals surface area contributed by atoms with E-state index in [2.05, 4.69) is 41.5 Å². The van der Waals surface area contributed by atoms with Crippen molar-refractivity contribution < 1.29 is 72.6 Å². The van der Waals surface area contributed by atoms with Crippen molar-refractivity contribution in [3.8, 4) is 0 Å². The Kier molecular flexibility index (Phi) is 55.9. The van der Waals surface area contributed by atoms with Crippen LogP contribution in [0.2, 0.25) is 0 Å². The van der Waals surface area contributed by atoms with E-state index in [9.17, 15) is 9.59 Å². The summed E-state index contributed by atoms with van der Waals surface area (Å²) in [6, 6.07) is 0. The minimum absolute atomic E-state index is 0. The number of aliphatic hydroxyl groups is 2. The Bertz CT molecular complexity index is 376. The molecule has 0 unspecified atom stereocenters. The van der Waals surface area contributed by atoms with Gasteiger partial charge in [0.25, 0.3) is 0 Å². The van der Waals surface area contributed by atoms with Crippen molar-refractivity contribution in [1.29, 1.82) is 0 Å². The maximum atomic E-state index is 10.2. The van der Waals surface area contributed by atoms with Gasteiger partial charge in [0.15, 0.2) is 0 Å². The van der Waals surface area contributed by atoms with Crippen molar-refractivity contribution in [2.24, 2.45) is 0 Å². The van der Waals surface area contributed by atoms with Crippen molar-refractivity contribution in [2.75, 3.05) is 52.9 Å². The zero-order chi connectivity index (χ0) is 32.8. The van der Waals surface area contributed by atoms with Crippen LogP contribution in [0.1, 0.15) is 145 Å². The van der Waals surface area contributed by atoms with E-state index in [1.165, 1.54) is 0 Å². The molecule has 0 aromatic rings. The van der Waals surface area contributed by atoms with Gasteiger partial charge in [0.05, 0.1) is 0 Å². The number of rotatable bonds is 26. The molecular formula is C30H72O10Si2Zr. The van der Waals surface area contributed by atoms with Crippen LogP contribution in [-0.2, 0) is 52.8 Å². The molecule has 264 valence electrons. The summed E-state index contributed by atoms with van der Waals surface area (Å²) in [5.74, 6) is 0. The quantitative estimate of drug-likeness (QED) is 0.0575. The summed E-state index contributed by atoms with van der Waals surface area (Å²) in [7, 11) is -6.72. The normalized spacial score (nSPS) is 10.9. The summed E-state index contributed by atoms with van der Waals surface area (Å²) in [5.41, 5.74) is 0. The fourth-order valence-electron chi connectivity index (χ4n) is 2.32. The van der Waals surface area contributed by atoms with E-state index in [0.29, 0.717) is 52.9 Å². The van der Waals surface area contributed by atoms with E-state index < -0.39 is 18.1 Å². The summed E-state index contributed by atoms with van der Waals surface area (Å²) in [5, 5.41) is 15.8. The Morgan fingerprint density at radius 1 is 0.349 bits per heavy atom. The number of hydrogen-bond donors (Lipinski definition) is 4. The maximum Gasteiger partial charge on any atom is 0.676 e. The third-order valence-electron chi connectivity index (χ3n) is 5.14. The van der Waals surface area contributed by atoms with Crippen LogP contribution in [0, 0.1) is 0 Å². The Balaban J connectivity index is -0.000000175. The maximum absolute atomic E-state index is 10.2. The van der Waals surface area contributed by atoms with Crippen LogP contribution in [0.15, 0.2) is 0 Å². The first-order valence-corrected chi connectivity index (χ1v) is 20.0. The molecule has 0 aromatic heterocycles. The second kappa shape index (κ2) is 45.0. The van der Waals surface area contributed by atoms with Crippen molar-refractivity contribution in [1.82, 2.24) is 0 Å². The second-order valence-electron chi connectivity index (χ2n) is 9.71. The van der Waals surface area contributed by atoms with Gasteiger partial charge < -0.3 is 46.4 Å². The summed E-state index contributed by atoms with van der Waals surface area (Å²) in [6.07, 6.45) is 13.5. The molecule has 0 saturated heterocycles. The molecule has 0 spiro atoms. The van der Waals surface area contributed by atoms with Gasteiger partial charge in [0.2, 0.25) is 0 Å². The number of aliphatic hydroxyl groups excluding tert-OH is 2. The summed E-state index contributed by atoms with van der Waals surface area (Å²) >= 11 is 0. The molecule has 0 atom stereocenters. The average Bonchev–Trinajstić information content (AvgIpc) is 2.99. The molecular weight excluding hydrogens is 668 g/mol. The van der Waals surface area contributed by atoms with Crippen molar-refractivity contribution in [2.45, 2.75) is 145 Å². The summed E-state index contributed by atoms with van der Waals surface area (Å²) in [4.78, 5) is 20.3. The third-order valence-corrected chi connectivity index (χ3v) is 8.55. The van der Waals surface area contributed by atoms with Gasteiger partial charge in [-0.3, -0.25) is 0 Å². The second-order valence-corrected chi connectivity index (χ2v) is 13.5. The smallest absolute Gasteiger partial charge is 0.396 e. The van der Waals surface area contributed by atoms with Gasteiger partial charge in [0.1, 0.15) is 0 Å². The molecule has 4 N–H and O–H groups in total. The van der Waals surface area contributed by atoms with Crippen LogP contribution >= 0.6 is 0 Å². The van der Waals surface area contributed by atoms with Gasteiger partial charge in [-0.25, -0.2) is 0 Å². The molecule has 0 aromatic carbocycles. The van der Waals surface area contributed by atoms with Crippen molar-refractivity contribution in [3.05, 3.63) is 0 Å².